The summed E-state index contributed by atoms with van der Waals surface area (Å²) in [4.78, 5) is 9.08. The van der Waals surface area contributed by atoms with Crippen LogP contribution in [0.2, 0.25) is 0 Å². The van der Waals surface area contributed by atoms with Gasteiger partial charge in [0.25, 0.3) is 0 Å². The third-order valence-corrected chi connectivity index (χ3v) is 4.42. The predicted octanol–water partition coefficient (Wildman–Crippen LogP) is 3.35. The number of aryl methyl sites for hydroxylation is 1. The molecule has 0 aromatic carbocycles. The summed E-state index contributed by atoms with van der Waals surface area (Å²) >= 11 is 7.71. The number of hydrogen-bond acceptors (Lipinski definition) is 3. The van der Waals surface area contributed by atoms with E-state index in [1.54, 1.807) is 0 Å². The Bertz CT molecular complexity index is 536. The van der Waals surface area contributed by atoms with Crippen LogP contribution in [0.4, 0.5) is 0 Å². The van der Waals surface area contributed by atoms with Gasteiger partial charge in [0, 0.05) is 29.8 Å². The Kier molecular flexibility index (Phi) is 4.17. The minimum atomic E-state index is 0.159. The average Bonchev–Trinajstić information content (AvgIpc) is 2.68. The largest absolute Gasteiger partial charge is 0.311 e. The molecule has 0 spiro atoms. The van der Waals surface area contributed by atoms with Crippen LogP contribution < -0.4 is 0 Å². The highest BCUT2D eigenvalue weighted by atomic mass is 35.5. The van der Waals surface area contributed by atoms with Gasteiger partial charge < -0.3 is 4.57 Å². The molecule has 0 saturated carbocycles. The van der Waals surface area contributed by atoms with E-state index in [0.717, 1.165) is 30.0 Å². The molecule has 98 valence electrons. The molecule has 0 unspecified atom stereocenters. The maximum Gasteiger partial charge on any atom is 0.160 e. The highest BCUT2D eigenvalue weighted by molar-refractivity contribution is 7.99. The summed E-state index contributed by atoms with van der Waals surface area (Å²) in [6, 6.07) is 3.92. The normalized spacial score (nSPS) is 12.2. The van der Waals surface area contributed by atoms with Crippen LogP contribution in [-0.2, 0) is 13.0 Å². The third-order valence-electron chi connectivity index (χ3n) is 2.99. The molecule has 0 aliphatic rings. The SMILES string of the molecule is CSC(C)(C)Cn1c(CCCl)nc2cccnc21. The summed E-state index contributed by atoms with van der Waals surface area (Å²) in [5, 5.41) is 0. The number of imidazole rings is 1. The van der Waals surface area contributed by atoms with E-state index in [-0.39, 0.29) is 4.75 Å². The molecule has 2 rings (SSSR count). The van der Waals surface area contributed by atoms with Gasteiger partial charge in [-0.2, -0.15) is 11.8 Å². The van der Waals surface area contributed by atoms with E-state index < -0.39 is 0 Å². The van der Waals surface area contributed by atoms with Crippen LogP contribution in [0.3, 0.4) is 0 Å². The molecule has 0 fully saturated rings. The lowest BCUT2D eigenvalue weighted by Crippen LogP contribution is -2.24. The molecule has 3 nitrogen and oxygen atoms in total. The van der Waals surface area contributed by atoms with Crippen molar-refractivity contribution in [2.45, 2.75) is 31.6 Å². The lowest BCUT2D eigenvalue weighted by atomic mass is 10.2. The first-order chi connectivity index (χ1) is 8.57. The monoisotopic (exact) mass is 283 g/mol. The zero-order valence-corrected chi connectivity index (χ0v) is 12.6. The van der Waals surface area contributed by atoms with Gasteiger partial charge in [-0.25, -0.2) is 9.97 Å². The van der Waals surface area contributed by atoms with Crippen LogP contribution >= 0.6 is 23.4 Å². The van der Waals surface area contributed by atoms with Gasteiger partial charge in [0.2, 0.25) is 0 Å². The number of aromatic nitrogens is 3. The molecule has 0 saturated heterocycles. The average molecular weight is 284 g/mol. The Morgan fingerprint density at radius 3 is 2.89 bits per heavy atom. The standard InChI is InChI=1S/C13H18ClN3S/c1-13(2,18-3)9-17-11(6-7-14)16-10-5-4-8-15-12(10)17/h4-5,8H,6-7,9H2,1-3H3. The molecule has 2 heterocycles. The van der Waals surface area contributed by atoms with Gasteiger partial charge in [0.15, 0.2) is 5.65 Å². The van der Waals surface area contributed by atoms with Gasteiger partial charge in [-0.3, -0.25) is 0 Å². The molecule has 0 atom stereocenters. The fourth-order valence-electron chi connectivity index (χ4n) is 1.89. The van der Waals surface area contributed by atoms with Crippen LogP contribution in [0.1, 0.15) is 19.7 Å². The molecule has 18 heavy (non-hydrogen) atoms. The van der Waals surface area contributed by atoms with Crippen LogP contribution in [0.5, 0.6) is 0 Å². The highest BCUT2D eigenvalue weighted by Crippen LogP contribution is 2.26. The second-order valence-corrected chi connectivity index (χ2v) is 6.75. The van der Waals surface area contributed by atoms with Gasteiger partial charge >= 0.3 is 0 Å². The van der Waals surface area contributed by atoms with Gasteiger partial charge in [0.05, 0.1) is 0 Å². The second kappa shape index (κ2) is 5.49. The topological polar surface area (TPSA) is 30.7 Å². The van der Waals surface area contributed by atoms with E-state index in [9.17, 15) is 0 Å². The molecule has 0 aliphatic carbocycles. The number of hydrogen-bond donors (Lipinski definition) is 0. The van der Waals surface area contributed by atoms with Crippen molar-refractivity contribution in [3.8, 4) is 0 Å². The van der Waals surface area contributed by atoms with E-state index in [2.05, 4.69) is 34.6 Å². The van der Waals surface area contributed by atoms with Crippen molar-refractivity contribution in [2.24, 2.45) is 0 Å². The molecule has 0 bridgehead atoms. The van der Waals surface area contributed by atoms with E-state index in [1.165, 1.54) is 0 Å². The van der Waals surface area contributed by atoms with Gasteiger partial charge in [-0.1, -0.05) is 0 Å². The number of nitrogens with zero attached hydrogens (tertiary/aromatic N) is 3. The molecule has 0 radical (unpaired) electrons. The van der Waals surface area contributed by atoms with Crippen molar-refractivity contribution in [1.82, 2.24) is 14.5 Å². The van der Waals surface area contributed by atoms with Crippen molar-refractivity contribution >= 4 is 34.5 Å². The maximum atomic E-state index is 5.86. The summed E-state index contributed by atoms with van der Waals surface area (Å²) in [5.41, 5.74) is 1.91. The molecule has 0 N–H and O–H groups in total. The molecular weight excluding hydrogens is 266 g/mol. The van der Waals surface area contributed by atoms with Gasteiger partial charge in [-0.15, -0.1) is 11.6 Å². The number of alkyl halides is 1. The molecule has 2 aromatic heterocycles. The summed E-state index contributed by atoms with van der Waals surface area (Å²) < 4.78 is 2.36. The first kappa shape index (κ1) is 13.7. The van der Waals surface area contributed by atoms with Gasteiger partial charge in [-0.05, 0) is 32.2 Å². The van der Waals surface area contributed by atoms with Crippen molar-refractivity contribution in [2.75, 3.05) is 12.1 Å². The van der Waals surface area contributed by atoms with Crippen molar-refractivity contribution < 1.29 is 0 Å². The van der Waals surface area contributed by atoms with E-state index in [4.69, 9.17) is 11.6 Å². The van der Waals surface area contributed by atoms with Crippen molar-refractivity contribution in [1.29, 1.82) is 0 Å². The number of pyridine rings is 1. The fourth-order valence-corrected chi connectivity index (χ4v) is 2.32. The minimum Gasteiger partial charge on any atom is -0.311 e. The second-order valence-electron chi connectivity index (χ2n) is 4.86. The predicted molar refractivity (Wildman–Crippen MR) is 79.5 cm³/mol. The highest BCUT2D eigenvalue weighted by Gasteiger charge is 2.21. The maximum absolute atomic E-state index is 5.86. The zero-order valence-electron chi connectivity index (χ0n) is 11.0. The quantitative estimate of drug-likeness (QED) is 0.789. The Balaban J connectivity index is 2.48. The summed E-state index contributed by atoms with van der Waals surface area (Å²) in [7, 11) is 0. The molecule has 0 aliphatic heterocycles. The van der Waals surface area contributed by atoms with Crippen LogP contribution in [-0.4, -0.2) is 31.4 Å². The number of thioether (sulfide) groups is 1. The van der Waals surface area contributed by atoms with Crippen molar-refractivity contribution in [3.63, 3.8) is 0 Å². The number of rotatable bonds is 5. The first-order valence-corrected chi connectivity index (χ1v) is 7.74. The zero-order chi connectivity index (χ0) is 13.2. The van der Waals surface area contributed by atoms with Crippen LogP contribution in [0.25, 0.3) is 11.2 Å². The Labute approximate surface area is 117 Å². The van der Waals surface area contributed by atoms with Crippen molar-refractivity contribution in [3.05, 3.63) is 24.2 Å². The smallest absolute Gasteiger partial charge is 0.160 e. The van der Waals surface area contributed by atoms with E-state index >= 15 is 0 Å². The van der Waals surface area contributed by atoms with E-state index in [1.807, 2.05) is 30.1 Å². The van der Waals surface area contributed by atoms with Crippen LogP contribution in [0, 0.1) is 0 Å². The lowest BCUT2D eigenvalue weighted by molar-refractivity contribution is 0.559. The summed E-state index contributed by atoms with van der Waals surface area (Å²) in [5.74, 6) is 1.61. The molecule has 5 heteroatoms. The van der Waals surface area contributed by atoms with E-state index in [0.29, 0.717) is 5.88 Å². The summed E-state index contributed by atoms with van der Waals surface area (Å²) in [6.45, 7) is 5.36. The molecule has 0 amide bonds. The first-order valence-electron chi connectivity index (χ1n) is 5.98. The Morgan fingerprint density at radius 2 is 2.22 bits per heavy atom. The van der Waals surface area contributed by atoms with Crippen LogP contribution in [0.15, 0.2) is 18.3 Å². The van der Waals surface area contributed by atoms with Gasteiger partial charge in [0.1, 0.15) is 11.3 Å². The fraction of sp³-hybridized carbons (Fsp3) is 0.538. The number of fused-ring (bicyclic) bond motifs is 1. The number of halogens is 1. The Morgan fingerprint density at radius 1 is 1.44 bits per heavy atom. The summed E-state index contributed by atoms with van der Waals surface area (Å²) in [6.07, 6.45) is 4.73. The lowest BCUT2D eigenvalue weighted by Gasteiger charge is -2.23. The Hall–Kier alpha value is -0.740. The third kappa shape index (κ3) is 2.81. The molecule has 2 aromatic rings. The molecular formula is C13H18ClN3S. The minimum absolute atomic E-state index is 0.159.